The van der Waals surface area contributed by atoms with Crippen LogP contribution in [0.1, 0.15) is 69.3 Å². The number of piperidine rings is 1. The van der Waals surface area contributed by atoms with E-state index in [0.29, 0.717) is 29.5 Å². The summed E-state index contributed by atoms with van der Waals surface area (Å²) in [6.07, 6.45) is 1.92. The maximum Gasteiger partial charge on any atom is 0.305 e. The lowest BCUT2D eigenvalue weighted by Crippen LogP contribution is -2.61. The molecule has 38 heavy (non-hydrogen) atoms. The predicted octanol–water partition coefficient (Wildman–Crippen LogP) is 1.64. The number of carbonyl (C=O) groups excluding carboxylic acids is 5. The summed E-state index contributed by atoms with van der Waals surface area (Å²) in [5.74, 6) is -2.99. The van der Waals surface area contributed by atoms with Crippen LogP contribution in [0.2, 0.25) is 0 Å². The fourth-order valence-corrected chi connectivity index (χ4v) is 5.44. The Morgan fingerprint density at radius 3 is 2.37 bits per heavy atom. The normalized spacial score (nSPS) is 21.8. The van der Waals surface area contributed by atoms with Crippen LogP contribution in [0, 0.1) is 18.3 Å². The van der Waals surface area contributed by atoms with Gasteiger partial charge in [0, 0.05) is 24.2 Å². The van der Waals surface area contributed by atoms with Crippen LogP contribution in [0.25, 0.3) is 0 Å². The van der Waals surface area contributed by atoms with Gasteiger partial charge in [-0.2, -0.15) is 0 Å². The van der Waals surface area contributed by atoms with Crippen LogP contribution in [-0.4, -0.2) is 70.1 Å². The second-order valence-electron chi connectivity index (χ2n) is 11.2. The minimum Gasteiger partial charge on any atom is -0.481 e. The van der Waals surface area contributed by atoms with E-state index in [1.165, 1.54) is 11.8 Å². The number of aldehydes is 1. The number of rotatable bonds is 9. The number of nitrogens with zero attached hydrogens (tertiary/aromatic N) is 1. The van der Waals surface area contributed by atoms with E-state index in [2.05, 4.69) is 16.0 Å². The van der Waals surface area contributed by atoms with Gasteiger partial charge in [-0.15, -0.1) is 0 Å². The fourth-order valence-electron chi connectivity index (χ4n) is 5.44. The molecular weight excluding hydrogens is 492 g/mol. The van der Waals surface area contributed by atoms with E-state index < -0.39 is 53.7 Å². The highest BCUT2D eigenvalue weighted by Gasteiger charge is 2.53. The first-order chi connectivity index (χ1) is 17.7. The third kappa shape index (κ3) is 6.38. The van der Waals surface area contributed by atoms with Crippen LogP contribution >= 0.6 is 0 Å². The van der Waals surface area contributed by atoms with Crippen molar-refractivity contribution in [2.24, 2.45) is 11.3 Å². The van der Waals surface area contributed by atoms with Crippen LogP contribution in [0.3, 0.4) is 0 Å². The Hall–Kier alpha value is -3.76. The summed E-state index contributed by atoms with van der Waals surface area (Å²) >= 11 is 0. The summed E-state index contributed by atoms with van der Waals surface area (Å²) in [4.78, 5) is 75.7. The van der Waals surface area contributed by atoms with Crippen molar-refractivity contribution in [3.63, 3.8) is 0 Å². The number of aliphatic carboxylic acids is 1. The molecule has 0 radical (unpaired) electrons. The van der Waals surface area contributed by atoms with E-state index in [1.807, 2.05) is 20.8 Å². The number of carbonyl (C=O) groups is 6. The first-order valence-corrected chi connectivity index (χ1v) is 12.7. The Balaban J connectivity index is 1.84. The number of fused-ring (bicyclic) bond motifs is 2. The van der Waals surface area contributed by atoms with Gasteiger partial charge in [-0.3, -0.25) is 24.0 Å². The smallest absolute Gasteiger partial charge is 0.305 e. The van der Waals surface area contributed by atoms with Gasteiger partial charge in [-0.1, -0.05) is 20.8 Å². The second kappa shape index (κ2) is 11.3. The topological polar surface area (TPSA) is 162 Å². The molecule has 206 valence electrons. The number of nitrogens with one attached hydrogen (secondary N) is 3. The first kappa shape index (κ1) is 28.8. The van der Waals surface area contributed by atoms with Gasteiger partial charge in [0.2, 0.25) is 17.7 Å². The van der Waals surface area contributed by atoms with Crippen molar-refractivity contribution >= 4 is 41.6 Å². The molecule has 1 aromatic carbocycles. The van der Waals surface area contributed by atoms with E-state index in [0.717, 1.165) is 12.8 Å². The number of anilines is 1. The average Bonchev–Trinajstić information content (AvgIpc) is 3.42. The third-order valence-corrected chi connectivity index (χ3v) is 7.17. The van der Waals surface area contributed by atoms with Gasteiger partial charge in [0.15, 0.2) is 0 Å². The van der Waals surface area contributed by atoms with Crippen molar-refractivity contribution < 1.29 is 33.9 Å². The first-order valence-electron chi connectivity index (χ1n) is 12.7. The Kier molecular flexibility index (Phi) is 8.58. The maximum absolute atomic E-state index is 14.0. The zero-order valence-electron chi connectivity index (χ0n) is 22.4. The standard InChI is InChI=1S/C27H36N4O7/c1-14-10-17(28-15(2)33)7-9-20(14)24(36)30-23(27(3,4)5)26(38)31-19-8-6-16(11-19)22(31)25(37)29-18(13-32)12-21(34)35/h7,9-10,13,16,18-19,22-23H,6,8,11-12H2,1-5H3,(H,28,33)(H,29,37)(H,30,36)(H,34,35)/t16-,18-,19?,22?,23+/m0/s1. The molecular formula is C27H36N4O7. The highest BCUT2D eigenvalue weighted by molar-refractivity contribution is 6.01. The molecule has 5 atom stereocenters. The second-order valence-corrected chi connectivity index (χ2v) is 11.2. The summed E-state index contributed by atoms with van der Waals surface area (Å²) < 4.78 is 0. The lowest BCUT2D eigenvalue weighted by Gasteiger charge is -2.40. The number of hydrogen-bond donors (Lipinski definition) is 4. The Morgan fingerprint density at radius 2 is 1.82 bits per heavy atom. The predicted molar refractivity (Wildman–Crippen MR) is 138 cm³/mol. The summed E-state index contributed by atoms with van der Waals surface area (Å²) in [6, 6.07) is 1.67. The van der Waals surface area contributed by atoms with Gasteiger partial charge in [-0.05, 0) is 61.3 Å². The molecule has 1 aliphatic carbocycles. The Bertz CT molecular complexity index is 1140. The summed E-state index contributed by atoms with van der Waals surface area (Å²) in [5.41, 5.74) is 0.813. The molecule has 2 aliphatic rings. The van der Waals surface area contributed by atoms with Gasteiger partial charge in [0.05, 0.1) is 12.5 Å². The molecule has 2 fully saturated rings. The molecule has 1 saturated carbocycles. The number of aryl methyl sites for hydroxylation is 1. The van der Waals surface area contributed by atoms with Gasteiger partial charge in [-0.25, -0.2) is 0 Å². The van der Waals surface area contributed by atoms with Crippen LogP contribution in [0.15, 0.2) is 18.2 Å². The molecule has 4 amide bonds. The van der Waals surface area contributed by atoms with E-state index >= 15 is 0 Å². The van der Waals surface area contributed by atoms with Crippen LogP contribution in [0.4, 0.5) is 5.69 Å². The molecule has 11 nitrogen and oxygen atoms in total. The zero-order valence-corrected chi connectivity index (χ0v) is 22.4. The molecule has 3 rings (SSSR count). The molecule has 2 bridgehead atoms. The number of carboxylic acids is 1. The fraction of sp³-hybridized carbons (Fsp3) is 0.556. The molecule has 0 spiro atoms. The van der Waals surface area contributed by atoms with E-state index in [1.54, 1.807) is 25.1 Å². The van der Waals surface area contributed by atoms with Crippen LogP contribution in [-0.2, 0) is 24.0 Å². The molecule has 1 heterocycles. The van der Waals surface area contributed by atoms with Crippen molar-refractivity contribution in [3.8, 4) is 0 Å². The Morgan fingerprint density at radius 1 is 1.13 bits per heavy atom. The molecule has 1 aliphatic heterocycles. The van der Waals surface area contributed by atoms with Gasteiger partial charge < -0.3 is 30.8 Å². The minimum atomic E-state index is -1.22. The van der Waals surface area contributed by atoms with Gasteiger partial charge in [0.25, 0.3) is 5.91 Å². The summed E-state index contributed by atoms with van der Waals surface area (Å²) in [7, 11) is 0. The number of carboxylic acid groups (broad SMARTS) is 1. The molecule has 11 heteroatoms. The maximum atomic E-state index is 14.0. The van der Waals surface area contributed by atoms with E-state index in [9.17, 15) is 28.8 Å². The molecule has 1 aromatic rings. The number of benzene rings is 1. The summed E-state index contributed by atoms with van der Waals surface area (Å²) in [5, 5.41) is 17.0. The van der Waals surface area contributed by atoms with Crippen LogP contribution in [0.5, 0.6) is 0 Å². The Labute approximate surface area is 221 Å². The summed E-state index contributed by atoms with van der Waals surface area (Å²) in [6.45, 7) is 8.58. The highest BCUT2D eigenvalue weighted by Crippen LogP contribution is 2.43. The van der Waals surface area contributed by atoms with Gasteiger partial charge in [0.1, 0.15) is 18.4 Å². The lowest BCUT2D eigenvalue weighted by molar-refractivity contribution is -0.147. The van der Waals surface area contributed by atoms with Crippen molar-refractivity contribution in [2.45, 2.75) is 84.5 Å². The highest BCUT2D eigenvalue weighted by atomic mass is 16.4. The largest absolute Gasteiger partial charge is 0.481 e. The minimum absolute atomic E-state index is 0.110. The van der Waals surface area contributed by atoms with Crippen molar-refractivity contribution in [1.29, 1.82) is 0 Å². The number of likely N-dealkylation sites (tertiary alicyclic amines) is 1. The molecule has 1 saturated heterocycles. The SMILES string of the molecule is CC(=O)Nc1ccc(C(=O)N[C@H](C(=O)N2C3CC[C@@H](C3)C2C(=O)N[C@H](C=O)CC(=O)O)C(C)(C)C)c(C)c1. The van der Waals surface area contributed by atoms with E-state index in [-0.39, 0.29) is 17.9 Å². The van der Waals surface area contributed by atoms with Crippen molar-refractivity contribution in [3.05, 3.63) is 29.3 Å². The zero-order chi connectivity index (χ0) is 28.4. The number of amides is 4. The quantitative estimate of drug-likeness (QED) is 0.354. The third-order valence-electron chi connectivity index (χ3n) is 7.17. The van der Waals surface area contributed by atoms with Gasteiger partial charge >= 0.3 is 5.97 Å². The molecule has 2 unspecified atom stereocenters. The van der Waals surface area contributed by atoms with Crippen LogP contribution < -0.4 is 16.0 Å². The average molecular weight is 529 g/mol. The van der Waals surface area contributed by atoms with Crippen molar-refractivity contribution in [2.75, 3.05) is 5.32 Å². The number of hydrogen-bond acceptors (Lipinski definition) is 6. The van der Waals surface area contributed by atoms with Crippen molar-refractivity contribution in [1.82, 2.24) is 15.5 Å². The van der Waals surface area contributed by atoms with E-state index in [4.69, 9.17) is 5.11 Å². The molecule has 0 aromatic heterocycles. The lowest BCUT2D eigenvalue weighted by atomic mass is 9.84. The molecule has 4 N–H and O–H groups in total. The monoisotopic (exact) mass is 528 g/mol.